The molecule has 1 N–H and O–H groups in total. The minimum Gasteiger partial charge on any atom is -0.361 e. The van der Waals surface area contributed by atoms with Gasteiger partial charge in [0.2, 0.25) is 0 Å². The highest BCUT2D eigenvalue weighted by Crippen LogP contribution is 2.21. The molecule has 1 nitrogen and oxygen atoms in total. The van der Waals surface area contributed by atoms with E-state index in [1.807, 2.05) is 24.3 Å². The molecular formula is C12H13F2N. The van der Waals surface area contributed by atoms with Crippen LogP contribution in [0.2, 0.25) is 0 Å². The molecule has 0 aliphatic carbocycles. The summed E-state index contributed by atoms with van der Waals surface area (Å²) in [7, 11) is 0. The van der Waals surface area contributed by atoms with Crippen molar-refractivity contribution in [2.24, 2.45) is 0 Å². The van der Waals surface area contributed by atoms with Crippen LogP contribution < -0.4 is 0 Å². The highest BCUT2D eigenvalue weighted by Gasteiger charge is 2.17. The summed E-state index contributed by atoms with van der Waals surface area (Å²) in [6, 6.07) is 7.64. The monoisotopic (exact) mass is 209 g/mol. The van der Waals surface area contributed by atoms with Crippen molar-refractivity contribution in [3.8, 4) is 0 Å². The largest absolute Gasteiger partial charge is 0.361 e. The van der Waals surface area contributed by atoms with Crippen LogP contribution in [-0.2, 0) is 6.42 Å². The molecule has 3 heteroatoms. The van der Waals surface area contributed by atoms with Gasteiger partial charge in [-0.15, -0.1) is 0 Å². The molecule has 1 heterocycles. The van der Waals surface area contributed by atoms with Crippen LogP contribution in [0.3, 0.4) is 0 Å². The predicted octanol–water partition coefficient (Wildman–Crippen LogP) is 3.41. The zero-order valence-electron chi connectivity index (χ0n) is 8.50. The number of aromatic nitrogens is 1. The quantitative estimate of drug-likeness (QED) is 0.797. The second-order valence-electron chi connectivity index (χ2n) is 3.76. The van der Waals surface area contributed by atoms with Gasteiger partial charge in [0, 0.05) is 23.5 Å². The van der Waals surface area contributed by atoms with Crippen molar-refractivity contribution in [2.45, 2.75) is 25.7 Å². The second kappa shape index (κ2) is 4.01. The normalized spacial score (nSPS) is 15.4. The molecule has 0 saturated heterocycles. The number of H-pyrrole nitrogens is 1. The Labute approximate surface area is 87.1 Å². The van der Waals surface area contributed by atoms with Gasteiger partial charge in [0.15, 0.2) is 0 Å². The molecule has 0 fully saturated rings. The van der Waals surface area contributed by atoms with E-state index in [1.54, 1.807) is 6.20 Å². The van der Waals surface area contributed by atoms with Gasteiger partial charge in [-0.1, -0.05) is 18.2 Å². The first-order chi connectivity index (χ1) is 7.18. The molecule has 1 aromatic heterocycles. The summed E-state index contributed by atoms with van der Waals surface area (Å²) in [4.78, 5) is 3.04. The highest BCUT2D eigenvalue weighted by molar-refractivity contribution is 5.83. The van der Waals surface area contributed by atoms with Crippen LogP contribution in [0.4, 0.5) is 8.78 Å². The summed E-state index contributed by atoms with van der Waals surface area (Å²) in [5.74, 6) is 0. The van der Waals surface area contributed by atoms with Crippen LogP contribution in [0.25, 0.3) is 10.9 Å². The van der Waals surface area contributed by atoms with Crippen molar-refractivity contribution >= 4 is 10.9 Å². The van der Waals surface area contributed by atoms with E-state index in [0.29, 0.717) is 0 Å². The van der Waals surface area contributed by atoms with Gasteiger partial charge in [0.1, 0.15) is 12.3 Å². The molecule has 0 unspecified atom stereocenters. The Kier molecular flexibility index (Phi) is 2.71. The fourth-order valence-corrected chi connectivity index (χ4v) is 1.67. The Balaban J connectivity index is 2.29. The molecule has 80 valence electrons. The lowest BCUT2D eigenvalue weighted by atomic mass is 10.1. The Morgan fingerprint density at radius 1 is 1.27 bits per heavy atom. The van der Waals surface area contributed by atoms with Crippen molar-refractivity contribution in [1.82, 2.24) is 4.98 Å². The lowest BCUT2D eigenvalue weighted by molar-refractivity contribution is 0.182. The van der Waals surface area contributed by atoms with Crippen LogP contribution in [-0.4, -0.2) is 17.3 Å². The molecule has 0 spiro atoms. The number of hydrogen-bond donors (Lipinski definition) is 1. The molecule has 1 aromatic carbocycles. The van der Waals surface area contributed by atoms with E-state index < -0.39 is 12.3 Å². The fourth-order valence-electron chi connectivity index (χ4n) is 1.67. The number of aromatic amines is 1. The van der Waals surface area contributed by atoms with Crippen LogP contribution in [0.15, 0.2) is 30.5 Å². The van der Waals surface area contributed by atoms with E-state index in [-0.39, 0.29) is 6.42 Å². The number of alkyl halides is 2. The summed E-state index contributed by atoms with van der Waals surface area (Å²) in [6.07, 6.45) is -0.968. The third kappa shape index (κ3) is 2.01. The molecule has 0 aliphatic heterocycles. The zero-order valence-corrected chi connectivity index (χ0v) is 8.50. The number of fused-ring (bicyclic) bond motifs is 1. The molecule has 2 atom stereocenters. The SMILES string of the molecule is C[C@H](F)[C@H](F)Cc1c[nH]c2ccccc12. The number of halogens is 2. The van der Waals surface area contributed by atoms with Crippen molar-refractivity contribution in [1.29, 1.82) is 0 Å². The lowest BCUT2D eigenvalue weighted by Gasteiger charge is -2.07. The van der Waals surface area contributed by atoms with E-state index in [9.17, 15) is 8.78 Å². The highest BCUT2D eigenvalue weighted by atomic mass is 19.2. The first-order valence-electron chi connectivity index (χ1n) is 5.01. The summed E-state index contributed by atoms with van der Waals surface area (Å²) < 4.78 is 25.9. The van der Waals surface area contributed by atoms with Gasteiger partial charge in [0.05, 0.1) is 0 Å². The minimum absolute atomic E-state index is 0.127. The number of benzene rings is 1. The molecular weight excluding hydrogens is 196 g/mol. The molecule has 0 saturated carbocycles. The standard InChI is InChI=1S/C12H13F2N/c1-8(13)11(14)6-9-7-15-12-5-3-2-4-10(9)12/h2-5,7-8,11,15H,6H2,1H3/t8-,11+/m0/s1. The summed E-state index contributed by atoms with van der Waals surface area (Å²) in [6.45, 7) is 1.25. The van der Waals surface area contributed by atoms with Gasteiger partial charge in [-0.2, -0.15) is 0 Å². The Hall–Kier alpha value is -1.38. The molecule has 2 rings (SSSR count). The van der Waals surface area contributed by atoms with Gasteiger partial charge in [0.25, 0.3) is 0 Å². The number of hydrogen-bond acceptors (Lipinski definition) is 0. The van der Waals surface area contributed by atoms with Crippen LogP contribution in [0.5, 0.6) is 0 Å². The Morgan fingerprint density at radius 3 is 2.73 bits per heavy atom. The Morgan fingerprint density at radius 2 is 2.00 bits per heavy atom. The van der Waals surface area contributed by atoms with Crippen LogP contribution in [0.1, 0.15) is 12.5 Å². The molecule has 2 aromatic rings. The average Bonchev–Trinajstić information content (AvgIpc) is 2.62. The second-order valence-corrected chi connectivity index (χ2v) is 3.76. The average molecular weight is 209 g/mol. The number of rotatable bonds is 3. The summed E-state index contributed by atoms with van der Waals surface area (Å²) >= 11 is 0. The maximum Gasteiger partial charge on any atom is 0.135 e. The lowest BCUT2D eigenvalue weighted by Crippen LogP contribution is -2.15. The summed E-state index contributed by atoms with van der Waals surface area (Å²) in [5, 5.41) is 0.973. The minimum atomic E-state index is -1.43. The summed E-state index contributed by atoms with van der Waals surface area (Å²) in [5.41, 5.74) is 1.80. The topological polar surface area (TPSA) is 15.8 Å². The first-order valence-corrected chi connectivity index (χ1v) is 5.01. The van der Waals surface area contributed by atoms with E-state index in [1.165, 1.54) is 6.92 Å². The van der Waals surface area contributed by atoms with Crippen molar-refractivity contribution in [3.05, 3.63) is 36.0 Å². The van der Waals surface area contributed by atoms with Gasteiger partial charge >= 0.3 is 0 Å². The van der Waals surface area contributed by atoms with Crippen molar-refractivity contribution in [2.75, 3.05) is 0 Å². The van der Waals surface area contributed by atoms with Gasteiger partial charge in [-0.3, -0.25) is 0 Å². The smallest absolute Gasteiger partial charge is 0.135 e. The predicted molar refractivity (Wildman–Crippen MR) is 57.5 cm³/mol. The molecule has 0 radical (unpaired) electrons. The number of nitrogens with one attached hydrogen (secondary N) is 1. The van der Waals surface area contributed by atoms with Crippen LogP contribution in [0, 0.1) is 0 Å². The first kappa shape index (κ1) is 10.1. The van der Waals surface area contributed by atoms with Crippen LogP contribution >= 0.6 is 0 Å². The number of para-hydroxylation sites is 1. The molecule has 0 aliphatic rings. The molecule has 0 bridgehead atoms. The van der Waals surface area contributed by atoms with E-state index in [0.717, 1.165) is 16.5 Å². The molecule has 0 amide bonds. The van der Waals surface area contributed by atoms with E-state index >= 15 is 0 Å². The zero-order chi connectivity index (χ0) is 10.8. The maximum atomic E-state index is 13.2. The van der Waals surface area contributed by atoms with Crippen molar-refractivity contribution in [3.63, 3.8) is 0 Å². The van der Waals surface area contributed by atoms with Crippen molar-refractivity contribution < 1.29 is 8.78 Å². The van der Waals surface area contributed by atoms with Gasteiger partial charge in [-0.25, -0.2) is 8.78 Å². The Bertz CT molecular complexity index is 448. The van der Waals surface area contributed by atoms with E-state index in [4.69, 9.17) is 0 Å². The van der Waals surface area contributed by atoms with E-state index in [2.05, 4.69) is 4.98 Å². The molecule has 15 heavy (non-hydrogen) atoms. The third-order valence-corrected chi connectivity index (χ3v) is 2.59. The maximum absolute atomic E-state index is 13.2. The third-order valence-electron chi connectivity index (χ3n) is 2.59. The fraction of sp³-hybridized carbons (Fsp3) is 0.333. The van der Waals surface area contributed by atoms with Gasteiger partial charge < -0.3 is 4.98 Å². The van der Waals surface area contributed by atoms with Gasteiger partial charge in [-0.05, 0) is 18.6 Å².